The number of nitro benzene ring substituents is 1. The molecule has 0 aliphatic heterocycles. The first-order valence-corrected chi connectivity index (χ1v) is 7.08. The van der Waals surface area contributed by atoms with E-state index in [0.29, 0.717) is 18.4 Å². The fraction of sp³-hybridized carbons (Fsp3) is 0.467. The number of ketones is 1. The van der Waals surface area contributed by atoms with Crippen LogP contribution >= 0.6 is 0 Å². The van der Waals surface area contributed by atoms with Crippen LogP contribution in [0.3, 0.4) is 0 Å². The normalized spacial score (nSPS) is 14.9. The summed E-state index contributed by atoms with van der Waals surface area (Å²) in [6.45, 7) is 3.33. The SMILES string of the molecule is CCOC(=O)C(C)Oc1ccc2c(c1[N+](=O)[O-])CC(=O)CC2. The molecular formula is C15H17NO6. The van der Waals surface area contributed by atoms with E-state index < -0.39 is 17.0 Å². The van der Waals surface area contributed by atoms with E-state index in [9.17, 15) is 19.7 Å². The van der Waals surface area contributed by atoms with Crippen LogP contribution in [-0.2, 0) is 27.2 Å². The maximum Gasteiger partial charge on any atom is 0.347 e. The van der Waals surface area contributed by atoms with Gasteiger partial charge in [-0.25, -0.2) is 4.79 Å². The minimum atomic E-state index is -0.962. The summed E-state index contributed by atoms with van der Waals surface area (Å²) in [6.07, 6.45) is -0.0564. The molecule has 2 rings (SSSR count). The second-order valence-electron chi connectivity index (χ2n) is 5.03. The minimum Gasteiger partial charge on any atom is -0.472 e. The molecule has 1 unspecified atom stereocenters. The highest BCUT2D eigenvalue weighted by molar-refractivity contribution is 5.85. The first-order valence-electron chi connectivity index (χ1n) is 7.08. The first-order chi connectivity index (χ1) is 10.4. The molecule has 1 aromatic carbocycles. The number of Topliss-reactive ketones (excluding diaryl/α,β-unsaturated/α-hetero) is 1. The molecule has 22 heavy (non-hydrogen) atoms. The van der Waals surface area contributed by atoms with Crippen LogP contribution in [-0.4, -0.2) is 29.4 Å². The Kier molecular flexibility index (Phi) is 4.75. The second-order valence-corrected chi connectivity index (χ2v) is 5.03. The molecule has 7 heteroatoms. The highest BCUT2D eigenvalue weighted by Crippen LogP contribution is 2.37. The van der Waals surface area contributed by atoms with Crippen LogP contribution in [0.25, 0.3) is 0 Å². The number of benzene rings is 1. The van der Waals surface area contributed by atoms with Crippen molar-refractivity contribution in [3.63, 3.8) is 0 Å². The topological polar surface area (TPSA) is 95.7 Å². The van der Waals surface area contributed by atoms with E-state index in [1.54, 1.807) is 13.0 Å². The van der Waals surface area contributed by atoms with Crippen LogP contribution in [0.15, 0.2) is 12.1 Å². The van der Waals surface area contributed by atoms with Crippen molar-refractivity contribution in [1.29, 1.82) is 0 Å². The third kappa shape index (κ3) is 3.24. The Morgan fingerprint density at radius 1 is 1.41 bits per heavy atom. The quantitative estimate of drug-likeness (QED) is 0.469. The van der Waals surface area contributed by atoms with Crippen LogP contribution in [0.5, 0.6) is 5.75 Å². The fourth-order valence-electron chi connectivity index (χ4n) is 2.44. The summed E-state index contributed by atoms with van der Waals surface area (Å²) in [6, 6.07) is 3.18. The average molecular weight is 307 g/mol. The first kappa shape index (κ1) is 15.9. The van der Waals surface area contributed by atoms with E-state index in [1.807, 2.05) is 0 Å². The van der Waals surface area contributed by atoms with Gasteiger partial charge in [-0.05, 0) is 31.9 Å². The van der Waals surface area contributed by atoms with Crippen molar-refractivity contribution in [3.05, 3.63) is 33.4 Å². The van der Waals surface area contributed by atoms with Gasteiger partial charge in [-0.3, -0.25) is 14.9 Å². The molecule has 1 aliphatic rings. The Balaban J connectivity index is 2.36. The lowest BCUT2D eigenvalue weighted by molar-refractivity contribution is -0.386. The van der Waals surface area contributed by atoms with Crippen LogP contribution < -0.4 is 4.74 Å². The summed E-state index contributed by atoms with van der Waals surface area (Å²) in [7, 11) is 0. The molecule has 0 N–H and O–H groups in total. The standard InChI is InChI=1S/C15H17NO6/c1-3-21-15(18)9(2)22-13-7-5-10-4-6-11(17)8-12(10)14(13)16(19)20/h5,7,9H,3-4,6,8H2,1-2H3. The van der Waals surface area contributed by atoms with Crippen molar-refractivity contribution in [2.45, 2.75) is 39.2 Å². The molecule has 0 spiro atoms. The molecule has 0 aromatic heterocycles. The van der Waals surface area contributed by atoms with E-state index in [0.717, 1.165) is 5.56 Å². The fourth-order valence-corrected chi connectivity index (χ4v) is 2.44. The Bertz CT molecular complexity index is 625. The van der Waals surface area contributed by atoms with Gasteiger partial charge < -0.3 is 9.47 Å². The van der Waals surface area contributed by atoms with Gasteiger partial charge >= 0.3 is 11.7 Å². The number of rotatable bonds is 5. The summed E-state index contributed by atoms with van der Waals surface area (Å²) in [4.78, 5) is 34.0. The average Bonchev–Trinajstić information content (AvgIpc) is 2.46. The Labute approximate surface area is 127 Å². The molecule has 118 valence electrons. The predicted molar refractivity (Wildman–Crippen MR) is 76.9 cm³/mol. The maximum absolute atomic E-state index is 11.6. The van der Waals surface area contributed by atoms with Crippen LogP contribution in [0.1, 0.15) is 31.4 Å². The number of ether oxygens (including phenoxy) is 2. The van der Waals surface area contributed by atoms with E-state index >= 15 is 0 Å². The molecule has 0 fully saturated rings. The minimum absolute atomic E-state index is 0.0148. The molecule has 0 amide bonds. The highest BCUT2D eigenvalue weighted by atomic mass is 16.6. The van der Waals surface area contributed by atoms with Crippen molar-refractivity contribution in [2.24, 2.45) is 0 Å². The highest BCUT2D eigenvalue weighted by Gasteiger charge is 2.30. The number of nitro groups is 1. The van der Waals surface area contributed by atoms with E-state index in [1.165, 1.54) is 13.0 Å². The lowest BCUT2D eigenvalue weighted by Gasteiger charge is -2.18. The van der Waals surface area contributed by atoms with Gasteiger partial charge in [-0.2, -0.15) is 0 Å². The van der Waals surface area contributed by atoms with Gasteiger partial charge in [0.2, 0.25) is 0 Å². The third-order valence-electron chi connectivity index (χ3n) is 3.49. The van der Waals surface area contributed by atoms with Crippen LogP contribution in [0.2, 0.25) is 0 Å². The van der Waals surface area contributed by atoms with E-state index in [2.05, 4.69) is 0 Å². The molecule has 0 saturated heterocycles. The summed E-state index contributed by atoms with van der Waals surface area (Å²) in [5.74, 6) is -0.643. The zero-order valence-electron chi connectivity index (χ0n) is 12.5. The number of hydrogen-bond donors (Lipinski definition) is 0. The molecule has 1 aromatic rings. The lowest BCUT2D eigenvalue weighted by atomic mass is 9.89. The third-order valence-corrected chi connectivity index (χ3v) is 3.49. The number of fused-ring (bicyclic) bond motifs is 1. The second kappa shape index (κ2) is 6.55. The number of carbonyl (C=O) groups is 2. The molecule has 0 bridgehead atoms. The molecule has 0 heterocycles. The van der Waals surface area contributed by atoms with Crippen LogP contribution in [0.4, 0.5) is 5.69 Å². The van der Waals surface area contributed by atoms with Gasteiger partial charge in [0.15, 0.2) is 11.9 Å². The van der Waals surface area contributed by atoms with Gasteiger partial charge in [-0.1, -0.05) is 6.07 Å². The lowest BCUT2D eigenvalue weighted by Crippen LogP contribution is -2.26. The number of aryl methyl sites for hydroxylation is 1. The van der Waals surface area contributed by atoms with Gasteiger partial charge in [0.25, 0.3) is 0 Å². The number of carbonyl (C=O) groups excluding carboxylic acids is 2. The summed E-state index contributed by atoms with van der Waals surface area (Å²) in [5.41, 5.74) is 0.930. The molecular weight excluding hydrogens is 290 g/mol. The van der Waals surface area contributed by atoms with Crippen molar-refractivity contribution in [2.75, 3.05) is 6.61 Å². The van der Waals surface area contributed by atoms with E-state index in [4.69, 9.17) is 9.47 Å². The Hall–Kier alpha value is -2.44. The summed E-state index contributed by atoms with van der Waals surface area (Å²) < 4.78 is 10.2. The Morgan fingerprint density at radius 3 is 2.77 bits per heavy atom. The van der Waals surface area contributed by atoms with E-state index in [-0.39, 0.29) is 30.2 Å². The molecule has 0 saturated carbocycles. The molecule has 0 radical (unpaired) electrons. The van der Waals surface area contributed by atoms with Crippen molar-refractivity contribution >= 4 is 17.4 Å². The van der Waals surface area contributed by atoms with Crippen LogP contribution in [0, 0.1) is 10.1 Å². The summed E-state index contributed by atoms with van der Waals surface area (Å²) in [5, 5.41) is 11.4. The van der Waals surface area contributed by atoms with Crippen molar-refractivity contribution in [3.8, 4) is 5.75 Å². The number of nitrogens with zero attached hydrogens (tertiary/aromatic N) is 1. The molecule has 1 atom stereocenters. The zero-order chi connectivity index (χ0) is 16.3. The van der Waals surface area contributed by atoms with Gasteiger partial charge in [-0.15, -0.1) is 0 Å². The van der Waals surface area contributed by atoms with Gasteiger partial charge in [0, 0.05) is 18.4 Å². The van der Waals surface area contributed by atoms with Gasteiger partial charge in [0.1, 0.15) is 5.78 Å². The largest absolute Gasteiger partial charge is 0.472 e. The molecule has 7 nitrogen and oxygen atoms in total. The smallest absolute Gasteiger partial charge is 0.347 e. The number of hydrogen-bond acceptors (Lipinski definition) is 6. The summed E-state index contributed by atoms with van der Waals surface area (Å²) >= 11 is 0. The van der Waals surface area contributed by atoms with Gasteiger partial charge in [0.05, 0.1) is 11.5 Å². The Morgan fingerprint density at radius 2 is 2.14 bits per heavy atom. The van der Waals surface area contributed by atoms with Crippen molar-refractivity contribution < 1.29 is 24.0 Å². The maximum atomic E-state index is 11.6. The molecule has 1 aliphatic carbocycles. The number of esters is 1. The predicted octanol–water partition coefficient (Wildman–Crippen LogP) is 1.98. The zero-order valence-corrected chi connectivity index (χ0v) is 12.5. The van der Waals surface area contributed by atoms with Crippen molar-refractivity contribution in [1.82, 2.24) is 0 Å². The monoisotopic (exact) mass is 307 g/mol.